The average molecular weight is 208 g/mol. The molecule has 0 bridgehead atoms. The van der Waals surface area contributed by atoms with Gasteiger partial charge in [0.15, 0.2) is 11.5 Å². The summed E-state index contributed by atoms with van der Waals surface area (Å²) in [5.41, 5.74) is 1.40. The van der Waals surface area contributed by atoms with Crippen LogP contribution in [-0.4, -0.2) is 18.2 Å². The molecular weight excluding hydrogens is 196 g/mol. The Kier molecular flexibility index (Phi) is 2.26. The van der Waals surface area contributed by atoms with Crippen molar-refractivity contribution < 1.29 is 19.4 Å². The Morgan fingerprint density at radius 1 is 1.47 bits per heavy atom. The largest absolute Gasteiger partial charge is 0.508 e. The highest BCUT2D eigenvalue weighted by atomic mass is 16.6. The number of fused-ring (bicyclic) bond motifs is 1. The Bertz CT molecular complexity index is 423. The second-order valence-electron chi connectivity index (χ2n) is 3.52. The SMILES string of the molecule is COc1c(C)c(O)cc2c1OC(=O)CC2. The third-order valence-corrected chi connectivity index (χ3v) is 2.55. The first-order valence-corrected chi connectivity index (χ1v) is 4.73. The fraction of sp³-hybridized carbons (Fsp3) is 0.364. The molecule has 1 aromatic carbocycles. The van der Waals surface area contributed by atoms with Crippen LogP contribution in [0.3, 0.4) is 0 Å². The van der Waals surface area contributed by atoms with E-state index in [2.05, 4.69) is 0 Å². The minimum Gasteiger partial charge on any atom is -0.508 e. The number of methoxy groups -OCH3 is 1. The van der Waals surface area contributed by atoms with Crippen LogP contribution in [0.5, 0.6) is 17.2 Å². The molecule has 0 saturated heterocycles. The van der Waals surface area contributed by atoms with Gasteiger partial charge in [0.1, 0.15) is 5.75 Å². The van der Waals surface area contributed by atoms with E-state index in [9.17, 15) is 9.90 Å². The van der Waals surface area contributed by atoms with Crippen molar-refractivity contribution in [1.29, 1.82) is 0 Å². The van der Waals surface area contributed by atoms with Crippen LogP contribution in [0, 0.1) is 6.92 Å². The molecule has 15 heavy (non-hydrogen) atoms. The molecule has 4 nitrogen and oxygen atoms in total. The molecule has 0 amide bonds. The topological polar surface area (TPSA) is 55.8 Å². The summed E-state index contributed by atoms with van der Waals surface area (Å²) < 4.78 is 10.2. The standard InChI is InChI=1S/C11H12O4/c1-6-8(12)5-7-3-4-9(13)15-11(7)10(6)14-2/h5,12H,3-4H2,1-2H3. The number of carbonyl (C=O) groups excluding carboxylic acids is 1. The lowest BCUT2D eigenvalue weighted by Crippen LogP contribution is -2.16. The van der Waals surface area contributed by atoms with E-state index in [1.54, 1.807) is 13.0 Å². The normalized spacial score (nSPS) is 14.4. The van der Waals surface area contributed by atoms with Crippen LogP contribution in [0.4, 0.5) is 0 Å². The molecule has 0 aliphatic carbocycles. The molecule has 1 aromatic rings. The van der Waals surface area contributed by atoms with Crippen molar-refractivity contribution in [1.82, 2.24) is 0 Å². The van der Waals surface area contributed by atoms with Crippen LogP contribution in [-0.2, 0) is 11.2 Å². The summed E-state index contributed by atoms with van der Waals surface area (Å²) in [4.78, 5) is 11.1. The van der Waals surface area contributed by atoms with Crippen molar-refractivity contribution in [3.63, 3.8) is 0 Å². The summed E-state index contributed by atoms with van der Waals surface area (Å²) in [6.45, 7) is 1.72. The molecule has 4 heteroatoms. The van der Waals surface area contributed by atoms with Crippen LogP contribution in [0.15, 0.2) is 6.07 Å². The van der Waals surface area contributed by atoms with Gasteiger partial charge in [-0.05, 0) is 19.4 Å². The third-order valence-electron chi connectivity index (χ3n) is 2.55. The van der Waals surface area contributed by atoms with E-state index in [0.29, 0.717) is 29.9 Å². The highest BCUT2D eigenvalue weighted by Gasteiger charge is 2.24. The Hall–Kier alpha value is -1.71. The predicted octanol–water partition coefficient (Wildman–Crippen LogP) is 1.56. The average Bonchev–Trinajstić information content (AvgIpc) is 2.21. The summed E-state index contributed by atoms with van der Waals surface area (Å²) in [6.07, 6.45) is 0.928. The molecule has 0 saturated carbocycles. The number of aromatic hydroxyl groups is 1. The van der Waals surface area contributed by atoms with Crippen molar-refractivity contribution >= 4 is 5.97 Å². The van der Waals surface area contributed by atoms with Gasteiger partial charge in [-0.3, -0.25) is 4.79 Å². The van der Waals surface area contributed by atoms with Crippen molar-refractivity contribution in [2.45, 2.75) is 19.8 Å². The van der Waals surface area contributed by atoms with Gasteiger partial charge in [-0.25, -0.2) is 0 Å². The Labute approximate surface area is 87.4 Å². The number of carbonyl (C=O) groups is 1. The van der Waals surface area contributed by atoms with E-state index in [0.717, 1.165) is 5.56 Å². The maximum Gasteiger partial charge on any atom is 0.311 e. The number of aryl methyl sites for hydroxylation is 1. The lowest BCUT2D eigenvalue weighted by atomic mass is 10.0. The Morgan fingerprint density at radius 3 is 2.87 bits per heavy atom. The van der Waals surface area contributed by atoms with Gasteiger partial charge >= 0.3 is 5.97 Å². The Balaban J connectivity index is 2.61. The Morgan fingerprint density at radius 2 is 2.20 bits per heavy atom. The molecule has 0 fully saturated rings. The van der Waals surface area contributed by atoms with Crippen LogP contribution in [0.25, 0.3) is 0 Å². The minimum absolute atomic E-state index is 0.170. The molecule has 80 valence electrons. The van der Waals surface area contributed by atoms with Crippen LogP contribution in [0.1, 0.15) is 17.5 Å². The first-order chi connectivity index (χ1) is 7.13. The van der Waals surface area contributed by atoms with Gasteiger partial charge in [-0.1, -0.05) is 0 Å². The van der Waals surface area contributed by atoms with Gasteiger partial charge in [0, 0.05) is 11.1 Å². The smallest absolute Gasteiger partial charge is 0.311 e. The van der Waals surface area contributed by atoms with E-state index in [4.69, 9.17) is 9.47 Å². The lowest BCUT2D eigenvalue weighted by molar-refractivity contribution is -0.135. The zero-order valence-corrected chi connectivity index (χ0v) is 8.66. The van der Waals surface area contributed by atoms with Crippen molar-refractivity contribution in [2.24, 2.45) is 0 Å². The van der Waals surface area contributed by atoms with E-state index in [1.807, 2.05) is 0 Å². The van der Waals surface area contributed by atoms with Crippen molar-refractivity contribution in [3.05, 3.63) is 17.2 Å². The predicted molar refractivity (Wildman–Crippen MR) is 53.4 cm³/mol. The number of phenols is 1. The fourth-order valence-corrected chi connectivity index (χ4v) is 1.72. The van der Waals surface area contributed by atoms with E-state index >= 15 is 0 Å². The highest BCUT2D eigenvalue weighted by molar-refractivity contribution is 5.77. The molecule has 1 aliphatic heterocycles. The van der Waals surface area contributed by atoms with Crippen molar-refractivity contribution in [3.8, 4) is 17.2 Å². The van der Waals surface area contributed by atoms with Crippen LogP contribution in [0.2, 0.25) is 0 Å². The molecule has 2 rings (SSSR count). The van der Waals surface area contributed by atoms with E-state index in [1.165, 1.54) is 7.11 Å². The summed E-state index contributed by atoms with van der Waals surface area (Å²) in [5, 5.41) is 9.63. The van der Waals surface area contributed by atoms with E-state index < -0.39 is 0 Å². The van der Waals surface area contributed by atoms with Crippen LogP contribution >= 0.6 is 0 Å². The molecule has 0 unspecified atom stereocenters. The highest BCUT2D eigenvalue weighted by Crippen LogP contribution is 2.42. The maximum absolute atomic E-state index is 11.1. The molecule has 1 N–H and O–H groups in total. The summed E-state index contributed by atoms with van der Waals surface area (Å²) in [7, 11) is 1.49. The molecule has 0 spiro atoms. The van der Waals surface area contributed by atoms with Gasteiger partial charge in [0.05, 0.1) is 13.5 Å². The third kappa shape index (κ3) is 1.52. The molecular formula is C11H12O4. The zero-order chi connectivity index (χ0) is 11.0. The van der Waals surface area contributed by atoms with Gasteiger partial charge in [-0.15, -0.1) is 0 Å². The number of rotatable bonds is 1. The number of benzene rings is 1. The molecule has 0 radical (unpaired) electrons. The fourth-order valence-electron chi connectivity index (χ4n) is 1.72. The van der Waals surface area contributed by atoms with Gasteiger partial charge in [0.2, 0.25) is 0 Å². The zero-order valence-electron chi connectivity index (χ0n) is 8.66. The summed E-state index contributed by atoms with van der Waals surface area (Å²) in [6, 6.07) is 1.62. The molecule has 0 aromatic heterocycles. The molecule has 1 aliphatic rings. The monoisotopic (exact) mass is 208 g/mol. The number of phenolic OH excluding ortho intramolecular Hbond substituents is 1. The quantitative estimate of drug-likeness (QED) is 0.562. The second-order valence-corrected chi connectivity index (χ2v) is 3.52. The first-order valence-electron chi connectivity index (χ1n) is 4.73. The number of ether oxygens (including phenoxy) is 2. The summed E-state index contributed by atoms with van der Waals surface area (Å²) >= 11 is 0. The maximum atomic E-state index is 11.1. The van der Waals surface area contributed by atoms with Crippen LogP contribution < -0.4 is 9.47 Å². The number of esters is 1. The minimum atomic E-state index is -0.258. The summed E-state index contributed by atoms with van der Waals surface area (Å²) in [5.74, 6) is 0.802. The lowest BCUT2D eigenvalue weighted by Gasteiger charge is -2.20. The number of hydrogen-bond donors (Lipinski definition) is 1. The van der Waals surface area contributed by atoms with Gasteiger partial charge < -0.3 is 14.6 Å². The van der Waals surface area contributed by atoms with Crippen molar-refractivity contribution in [2.75, 3.05) is 7.11 Å². The van der Waals surface area contributed by atoms with Gasteiger partial charge in [-0.2, -0.15) is 0 Å². The van der Waals surface area contributed by atoms with Gasteiger partial charge in [0.25, 0.3) is 0 Å². The first kappa shape index (κ1) is 9.83. The second kappa shape index (κ2) is 3.46. The number of hydrogen-bond acceptors (Lipinski definition) is 4. The molecule has 1 heterocycles. The molecule has 0 atom stereocenters. The van der Waals surface area contributed by atoms with E-state index in [-0.39, 0.29) is 11.7 Å².